The van der Waals surface area contributed by atoms with Gasteiger partial charge in [0.1, 0.15) is 5.82 Å². The molecule has 0 aliphatic carbocycles. The second-order valence-electron chi connectivity index (χ2n) is 3.62. The molecule has 1 heterocycles. The van der Waals surface area contributed by atoms with Gasteiger partial charge in [-0.15, -0.1) is 0 Å². The average Bonchev–Trinajstić information content (AvgIpc) is 2.56. The number of hydrogen-bond donors (Lipinski definition) is 1. The molecule has 2 unspecified atom stereocenters. The molecular formula is C11H14FNO. The van der Waals surface area contributed by atoms with E-state index in [1.54, 1.807) is 12.1 Å². The van der Waals surface area contributed by atoms with Crippen molar-refractivity contribution in [1.29, 1.82) is 0 Å². The highest BCUT2D eigenvalue weighted by Gasteiger charge is 2.23. The molecule has 0 radical (unpaired) electrons. The Hall–Kier alpha value is -1.09. The minimum absolute atomic E-state index is 0.203. The Kier molecular flexibility index (Phi) is 2.68. The molecule has 1 fully saturated rings. The van der Waals surface area contributed by atoms with Gasteiger partial charge in [0.2, 0.25) is 0 Å². The molecule has 2 atom stereocenters. The number of nitrogens with one attached hydrogen (secondary N) is 1. The van der Waals surface area contributed by atoms with E-state index in [0.29, 0.717) is 6.04 Å². The summed E-state index contributed by atoms with van der Waals surface area (Å²) in [5.41, 5.74) is 0.953. The van der Waals surface area contributed by atoms with E-state index >= 15 is 0 Å². The Morgan fingerprint density at radius 1 is 1.36 bits per heavy atom. The van der Waals surface area contributed by atoms with Crippen molar-refractivity contribution in [2.75, 3.05) is 11.9 Å². The molecule has 1 aromatic rings. The lowest BCUT2D eigenvalue weighted by molar-refractivity contribution is 0.121. The Bertz CT molecular complexity index is 299. The maximum Gasteiger partial charge on any atom is 0.123 e. The lowest BCUT2D eigenvalue weighted by Gasteiger charge is -2.17. The number of benzene rings is 1. The third-order valence-electron chi connectivity index (χ3n) is 2.57. The van der Waals surface area contributed by atoms with Crippen molar-refractivity contribution in [1.82, 2.24) is 0 Å². The van der Waals surface area contributed by atoms with Gasteiger partial charge in [-0.1, -0.05) is 0 Å². The highest BCUT2D eigenvalue weighted by atomic mass is 19.1. The number of halogens is 1. The first-order valence-electron chi connectivity index (χ1n) is 4.89. The molecule has 1 N–H and O–H groups in total. The summed E-state index contributed by atoms with van der Waals surface area (Å²) >= 11 is 0. The van der Waals surface area contributed by atoms with Gasteiger partial charge >= 0.3 is 0 Å². The van der Waals surface area contributed by atoms with Crippen LogP contribution in [-0.2, 0) is 4.74 Å². The quantitative estimate of drug-likeness (QED) is 0.782. The van der Waals surface area contributed by atoms with Gasteiger partial charge in [-0.2, -0.15) is 0 Å². The van der Waals surface area contributed by atoms with Crippen molar-refractivity contribution < 1.29 is 9.13 Å². The fraction of sp³-hybridized carbons (Fsp3) is 0.455. The van der Waals surface area contributed by atoms with Crippen LogP contribution in [0.2, 0.25) is 0 Å². The van der Waals surface area contributed by atoms with Gasteiger partial charge in [0.15, 0.2) is 0 Å². The Morgan fingerprint density at radius 2 is 2.07 bits per heavy atom. The molecule has 76 valence electrons. The number of hydrogen-bond acceptors (Lipinski definition) is 2. The Morgan fingerprint density at radius 3 is 2.64 bits per heavy atom. The highest BCUT2D eigenvalue weighted by Crippen LogP contribution is 2.18. The normalized spacial score (nSPS) is 26.4. The number of rotatable bonds is 2. The molecule has 0 saturated carbocycles. The van der Waals surface area contributed by atoms with Crippen molar-refractivity contribution in [2.24, 2.45) is 0 Å². The Labute approximate surface area is 83.1 Å². The lowest BCUT2D eigenvalue weighted by Crippen LogP contribution is -2.26. The van der Waals surface area contributed by atoms with Crippen LogP contribution in [0.3, 0.4) is 0 Å². The van der Waals surface area contributed by atoms with Crippen molar-refractivity contribution in [3.8, 4) is 0 Å². The molecule has 14 heavy (non-hydrogen) atoms. The fourth-order valence-corrected chi connectivity index (χ4v) is 1.68. The molecule has 0 amide bonds. The average molecular weight is 195 g/mol. The van der Waals surface area contributed by atoms with Crippen LogP contribution in [0.5, 0.6) is 0 Å². The van der Waals surface area contributed by atoms with Gasteiger partial charge in [-0.3, -0.25) is 0 Å². The predicted molar refractivity (Wildman–Crippen MR) is 53.8 cm³/mol. The van der Waals surface area contributed by atoms with E-state index in [1.165, 1.54) is 12.1 Å². The van der Waals surface area contributed by atoms with Crippen molar-refractivity contribution >= 4 is 5.69 Å². The standard InChI is InChI=1S/C11H14FNO/c1-8-11(6-7-14-8)13-10-4-2-9(12)3-5-10/h2-5,8,11,13H,6-7H2,1H3. The second kappa shape index (κ2) is 3.96. The van der Waals surface area contributed by atoms with E-state index in [2.05, 4.69) is 5.32 Å². The van der Waals surface area contributed by atoms with Gasteiger partial charge in [-0.05, 0) is 37.6 Å². The summed E-state index contributed by atoms with van der Waals surface area (Å²) in [5.74, 6) is -0.203. The Balaban J connectivity index is 2.00. The topological polar surface area (TPSA) is 21.3 Å². The van der Waals surface area contributed by atoms with E-state index < -0.39 is 0 Å². The van der Waals surface area contributed by atoms with Crippen LogP contribution >= 0.6 is 0 Å². The maximum atomic E-state index is 12.6. The first-order valence-corrected chi connectivity index (χ1v) is 4.89. The van der Waals surface area contributed by atoms with Crippen LogP contribution in [0.4, 0.5) is 10.1 Å². The first kappa shape index (κ1) is 9.46. The van der Waals surface area contributed by atoms with Gasteiger partial charge in [0.25, 0.3) is 0 Å². The SMILES string of the molecule is CC1OCCC1Nc1ccc(F)cc1. The van der Waals surface area contributed by atoms with E-state index in [4.69, 9.17) is 4.74 Å². The van der Waals surface area contributed by atoms with Gasteiger partial charge in [0, 0.05) is 12.3 Å². The molecule has 1 aromatic carbocycles. The van der Waals surface area contributed by atoms with Crippen LogP contribution in [0, 0.1) is 5.82 Å². The van der Waals surface area contributed by atoms with Crippen molar-refractivity contribution in [2.45, 2.75) is 25.5 Å². The van der Waals surface area contributed by atoms with Crippen molar-refractivity contribution in [3.63, 3.8) is 0 Å². The minimum Gasteiger partial charge on any atom is -0.380 e. The largest absolute Gasteiger partial charge is 0.380 e. The van der Waals surface area contributed by atoms with E-state index in [0.717, 1.165) is 18.7 Å². The molecule has 0 bridgehead atoms. The lowest BCUT2D eigenvalue weighted by atomic mass is 10.1. The third-order valence-corrected chi connectivity index (χ3v) is 2.57. The smallest absolute Gasteiger partial charge is 0.123 e. The molecule has 3 heteroatoms. The second-order valence-corrected chi connectivity index (χ2v) is 3.62. The molecule has 1 aliphatic rings. The van der Waals surface area contributed by atoms with Gasteiger partial charge < -0.3 is 10.1 Å². The molecule has 1 saturated heterocycles. The zero-order valence-electron chi connectivity index (χ0n) is 8.16. The summed E-state index contributed by atoms with van der Waals surface area (Å²) in [5, 5.41) is 3.33. The molecule has 2 rings (SSSR count). The maximum absolute atomic E-state index is 12.6. The summed E-state index contributed by atoms with van der Waals surface area (Å²) in [6, 6.07) is 6.77. The van der Waals surface area contributed by atoms with E-state index in [1.807, 2.05) is 6.92 Å². The zero-order valence-corrected chi connectivity index (χ0v) is 8.16. The van der Waals surface area contributed by atoms with Gasteiger partial charge in [0.05, 0.1) is 12.1 Å². The van der Waals surface area contributed by atoms with Crippen LogP contribution in [0.15, 0.2) is 24.3 Å². The van der Waals surface area contributed by atoms with E-state index in [-0.39, 0.29) is 11.9 Å². The van der Waals surface area contributed by atoms with Crippen LogP contribution in [0.25, 0.3) is 0 Å². The minimum atomic E-state index is -0.203. The molecule has 0 aromatic heterocycles. The van der Waals surface area contributed by atoms with Gasteiger partial charge in [-0.25, -0.2) is 4.39 Å². The third kappa shape index (κ3) is 2.04. The zero-order chi connectivity index (χ0) is 9.97. The monoisotopic (exact) mass is 195 g/mol. The predicted octanol–water partition coefficient (Wildman–Crippen LogP) is 2.42. The number of anilines is 1. The summed E-state index contributed by atoms with van der Waals surface area (Å²) in [4.78, 5) is 0. The molecule has 2 nitrogen and oxygen atoms in total. The van der Waals surface area contributed by atoms with E-state index in [9.17, 15) is 4.39 Å². The fourth-order valence-electron chi connectivity index (χ4n) is 1.68. The highest BCUT2D eigenvalue weighted by molar-refractivity contribution is 5.44. The summed E-state index contributed by atoms with van der Waals surface area (Å²) in [6.45, 7) is 2.86. The number of ether oxygens (including phenoxy) is 1. The van der Waals surface area contributed by atoms with Crippen LogP contribution in [0.1, 0.15) is 13.3 Å². The van der Waals surface area contributed by atoms with Crippen molar-refractivity contribution in [3.05, 3.63) is 30.1 Å². The molecule has 1 aliphatic heterocycles. The first-order chi connectivity index (χ1) is 6.75. The summed E-state index contributed by atoms with van der Waals surface area (Å²) in [7, 11) is 0. The molecule has 0 spiro atoms. The van der Waals surface area contributed by atoms with Crippen LogP contribution < -0.4 is 5.32 Å². The summed E-state index contributed by atoms with van der Waals surface area (Å²) in [6.07, 6.45) is 1.25. The van der Waals surface area contributed by atoms with Crippen LogP contribution in [-0.4, -0.2) is 18.8 Å². The summed E-state index contributed by atoms with van der Waals surface area (Å²) < 4.78 is 18.0. The molecular weight excluding hydrogens is 181 g/mol.